The molecule has 0 aliphatic carbocycles. The van der Waals surface area contributed by atoms with Crippen LogP contribution in [0, 0.1) is 5.82 Å². The first kappa shape index (κ1) is 36.3. The number of nitrogens with one attached hydrogen (secondary N) is 1. The normalized spacial score (nSPS) is 12.6. The summed E-state index contributed by atoms with van der Waals surface area (Å²) in [4.78, 5) is 27.1. The number of anilines is 3. The monoisotopic (exact) mass is 785 g/mol. The number of rotatable bonds is 8. The van der Waals surface area contributed by atoms with Gasteiger partial charge in [0, 0.05) is 37.6 Å². The van der Waals surface area contributed by atoms with Gasteiger partial charge in [-0.25, -0.2) is 19.3 Å². The standard InChI is InChI=1S/C23H19ClFN7O.H12P10/c1-31-19(5-9-28-31)30-23-27-8-4-18(29-23)16-11-14-6-10-32(21(14)17(25)12-16)20(33)13-15-3-2-7-26-22(15)24;1-7(2)10(8(3)4)9(5)6/h2-5,7-9,11-12H,6,10,13H2,1H3,(H,27,29,30);1-6H2. The molecule has 3 aromatic heterocycles. The van der Waals surface area contributed by atoms with Crippen LogP contribution >= 0.6 is 93.1 Å². The van der Waals surface area contributed by atoms with E-state index in [9.17, 15) is 4.79 Å². The molecular weight excluding hydrogens is 754 g/mol. The van der Waals surface area contributed by atoms with E-state index >= 15 is 4.39 Å². The number of fused-ring (bicyclic) bond motifs is 1. The van der Waals surface area contributed by atoms with E-state index in [4.69, 9.17) is 11.6 Å². The molecule has 8 nitrogen and oxygen atoms in total. The number of nitrogens with zero attached hydrogens (tertiary/aromatic N) is 6. The highest BCUT2D eigenvalue weighted by molar-refractivity contribution is 9.16. The van der Waals surface area contributed by atoms with Crippen LogP contribution in [0.25, 0.3) is 11.3 Å². The third-order valence-electron chi connectivity index (χ3n) is 6.13. The summed E-state index contributed by atoms with van der Waals surface area (Å²) in [5.41, 5.74) is 2.88. The minimum Gasteiger partial charge on any atom is -0.309 e. The van der Waals surface area contributed by atoms with E-state index in [1.54, 1.807) is 54.6 Å². The number of carbonyl (C=O) groups is 1. The fraction of sp³-hybridized carbons (Fsp3) is 0.174. The van der Waals surface area contributed by atoms with Crippen LogP contribution in [-0.4, -0.2) is 37.2 Å². The maximum absolute atomic E-state index is 15.2. The van der Waals surface area contributed by atoms with Gasteiger partial charge in [0.2, 0.25) is 11.9 Å². The van der Waals surface area contributed by atoms with Gasteiger partial charge in [-0.3, -0.25) is 9.48 Å². The predicted molar refractivity (Wildman–Crippen MR) is 209 cm³/mol. The van der Waals surface area contributed by atoms with Crippen LogP contribution in [-0.2, 0) is 24.7 Å². The quantitative estimate of drug-likeness (QED) is 0.142. The Kier molecular flexibility index (Phi) is 14.4. The van der Waals surface area contributed by atoms with Gasteiger partial charge in [0.25, 0.3) is 0 Å². The molecule has 1 aliphatic heterocycles. The zero-order valence-electron chi connectivity index (χ0n) is 22.9. The second-order valence-electron chi connectivity index (χ2n) is 9.03. The molecule has 228 valence electrons. The molecule has 5 rings (SSSR count). The van der Waals surface area contributed by atoms with Gasteiger partial charge in [0.15, 0.2) is 0 Å². The first-order valence-electron chi connectivity index (χ1n) is 12.4. The van der Waals surface area contributed by atoms with Crippen molar-refractivity contribution < 1.29 is 9.18 Å². The van der Waals surface area contributed by atoms with Crippen molar-refractivity contribution in [1.82, 2.24) is 24.7 Å². The van der Waals surface area contributed by atoms with E-state index in [0.717, 1.165) is 11.4 Å². The lowest BCUT2D eigenvalue weighted by Gasteiger charge is -2.27. The maximum Gasteiger partial charge on any atom is 0.231 e. The molecule has 20 heteroatoms. The molecule has 0 fully saturated rings. The summed E-state index contributed by atoms with van der Waals surface area (Å²) in [6, 6.07) is 10.3. The summed E-state index contributed by atoms with van der Waals surface area (Å²) in [6.07, 6.45) is 5.45. The van der Waals surface area contributed by atoms with Crippen molar-refractivity contribution in [3.8, 4) is 11.3 Å². The van der Waals surface area contributed by atoms with E-state index in [-0.39, 0.29) is 45.4 Å². The summed E-state index contributed by atoms with van der Waals surface area (Å²) in [5.74, 6) is 0.419. The molecule has 6 atom stereocenters. The minimum absolute atomic E-state index is 0.0578. The summed E-state index contributed by atoms with van der Waals surface area (Å²) in [5, 5.41) is 7.48. The Bertz CT molecular complexity index is 1560. The lowest BCUT2D eigenvalue weighted by molar-refractivity contribution is -0.117. The second-order valence-corrected chi connectivity index (χ2v) is 46.0. The number of hydrogen-bond donors (Lipinski definition) is 1. The molecular formula is C23H31ClFN7OP10. The van der Waals surface area contributed by atoms with Crippen LogP contribution in [0.5, 0.6) is 0 Å². The Morgan fingerprint density at radius 1 is 1.02 bits per heavy atom. The topological polar surface area (TPSA) is 88.8 Å². The fourth-order valence-electron chi connectivity index (χ4n) is 4.25. The largest absolute Gasteiger partial charge is 0.309 e. The molecule has 0 radical (unpaired) electrons. The van der Waals surface area contributed by atoms with Crippen molar-refractivity contribution in [3.05, 3.63) is 77.1 Å². The van der Waals surface area contributed by atoms with Crippen LogP contribution in [0.15, 0.2) is 55.0 Å². The number of pyridine rings is 1. The molecule has 1 aliphatic rings. The molecule has 43 heavy (non-hydrogen) atoms. The van der Waals surface area contributed by atoms with Crippen LogP contribution in [0.2, 0.25) is 5.15 Å². The van der Waals surface area contributed by atoms with Crippen molar-refractivity contribution in [1.29, 1.82) is 0 Å². The van der Waals surface area contributed by atoms with Gasteiger partial charge >= 0.3 is 0 Å². The van der Waals surface area contributed by atoms with Crippen molar-refractivity contribution in [2.24, 2.45) is 7.05 Å². The van der Waals surface area contributed by atoms with Crippen LogP contribution in [0.4, 0.5) is 21.8 Å². The van der Waals surface area contributed by atoms with Gasteiger partial charge in [-0.15, -0.1) is 53.6 Å². The van der Waals surface area contributed by atoms with E-state index in [2.05, 4.69) is 78.9 Å². The molecule has 6 unspecified atom stereocenters. The fourth-order valence-corrected chi connectivity index (χ4v) is 91.0. The molecule has 1 N–H and O–H groups in total. The number of hydrogen-bond acceptors (Lipinski definition) is 6. The third-order valence-corrected chi connectivity index (χ3v) is 56.0. The molecule has 4 heterocycles. The van der Waals surface area contributed by atoms with Gasteiger partial charge in [-0.2, -0.15) is 5.10 Å². The lowest BCUT2D eigenvalue weighted by atomic mass is 10.0. The Balaban J connectivity index is 0.000000365. The van der Waals surface area contributed by atoms with Crippen molar-refractivity contribution in [2.45, 2.75) is 12.8 Å². The molecule has 1 amide bonds. The average Bonchev–Trinajstić information content (AvgIpc) is 3.56. The second kappa shape index (κ2) is 17.0. The molecule has 4 aromatic rings. The van der Waals surface area contributed by atoms with E-state index < -0.39 is 5.82 Å². The van der Waals surface area contributed by atoms with E-state index in [1.165, 1.54) is 11.0 Å². The lowest BCUT2D eigenvalue weighted by Crippen LogP contribution is -2.31. The van der Waals surface area contributed by atoms with E-state index in [0.29, 0.717) is 41.4 Å². The Labute approximate surface area is 274 Å². The van der Waals surface area contributed by atoms with Gasteiger partial charge < -0.3 is 10.2 Å². The highest BCUT2D eigenvalue weighted by Crippen LogP contribution is 3.10. The Morgan fingerprint density at radius 2 is 1.74 bits per heavy atom. The number of aromatic nitrogens is 5. The number of halogens is 2. The molecule has 0 bridgehead atoms. The van der Waals surface area contributed by atoms with E-state index in [1.807, 2.05) is 6.07 Å². The number of benzene rings is 1. The number of carbonyl (C=O) groups excluding carboxylic acids is 1. The first-order valence-corrected chi connectivity index (χ1v) is 30.0. The molecule has 1 aromatic carbocycles. The summed E-state index contributed by atoms with van der Waals surface area (Å²) in [6.45, 7) is 1.03. The first-order chi connectivity index (χ1) is 20.5. The van der Waals surface area contributed by atoms with Crippen molar-refractivity contribution >= 4 is 116 Å². The maximum atomic E-state index is 15.2. The third kappa shape index (κ3) is 9.74. The van der Waals surface area contributed by atoms with Crippen molar-refractivity contribution in [2.75, 3.05) is 16.8 Å². The molecule has 0 saturated carbocycles. The SMILES string of the molecule is Cn1nccc1Nc1nccc(-c2cc(F)c3c(c2)CCN3C(=O)Cc2cccnc2Cl)n1.PP(P)P(P(P)P)P(P)P. The highest BCUT2D eigenvalue weighted by Gasteiger charge is 2.29. The summed E-state index contributed by atoms with van der Waals surface area (Å²) < 4.78 is 16.9. The summed E-state index contributed by atoms with van der Waals surface area (Å²) in [7, 11) is 19.5. The zero-order valence-corrected chi connectivity index (χ0v) is 34.2. The average molecular weight is 786 g/mol. The summed E-state index contributed by atoms with van der Waals surface area (Å²) >= 11 is 6.08. The zero-order chi connectivity index (χ0) is 31.3. The smallest absolute Gasteiger partial charge is 0.231 e. The van der Waals surface area contributed by atoms with Gasteiger partial charge in [0.05, 0.1) is 24.0 Å². The number of aryl methyl sites for hydroxylation is 1. The number of amides is 1. The minimum atomic E-state index is -0.467. The van der Waals surface area contributed by atoms with Crippen LogP contribution in [0.3, 0.4) is 0 Å². The van der Waals surface area contributed by atoms with Crippen LogP contribution < -0.4 is 10.2 Å². The van der Waals surface area contributed by atoms with Crippen molar-refractivity contribution in [3.63, 3.8) is 0 Å². The highest BCUT2D eigenvalue weighted by atomic mass is 35.5. The molecule has 0 saturated heterocycles. The Morgan fingerprint density at radius 3 is 2.35 bits per heavy atom. The predicted octanol–water partition coefficient (Wildman–Crippen LogP) is 9.34. The van der Waals surface area contributed by atoms with Gasteiger partial charge in [-0.1, -0.05) is 17.7 Å². The Hall–Kier alpha value is 0.450. The molecule has 0 spiro atoms. The van der Waals surface area contributed by atoms with Gasteiger partial charge in [0.1, 0.15) is 16.8 Å². The van der Waals surface area contributed by atoms with Crippen LogP contribution in [0.1, 0.15) is 11.1 Å². The van der Waals surface area contributed by atoms with Gasteiger partial charge in [-0.05, 0) is 69.8 Å².